The molecule has 0 spiro atoms. The predicted molar refractivity (Wildman–Crippen MR) is 86.6 cm³/mol. The molecule has 1 aromatic heterocycles. The molecule has 134 valence electrons. The third-order valence-corrected chi connectivity index (χ3v) is 6.17. The highest BCUT2D eigenvalue weighted by atomic mass is 32.2. The van der Waals surface area contributed by atoms with E-state index in [9.17, 15) is 13.2 Å². The zero-order valence-electron chi connectivity index (χ0n) is 14.1. The van der Waals surface area contributed by atoms with Crippen LogP contribution in [-0.4, -0.2) is 59.1 Å². The zero-order chi connectivity index (χ0) is 17.3. The molecule has 1 aromatic rings. The van der Waals surface area contributed by atoms with Gasteiger partial charge in [0, 0.05) is 19.0 Å². The lowest BCUT2D eigenvalue weighted by molar-refractivity contribution is -0.135. The Morgan fingerprint density at radius 1 is 1.33 bits per heavy atom. The van der Waals surface area contributed by atoms with Gasteiger partial charge in [0.25, 0.3) is 0 Å². The number of amides is 1. The molecule has 1 atom stereocenters. The fourth-order valence-corrected chi connectivity index (χ4v) is 4.38. The molecule has 1 amide bonds. The molecule has 2 fully saturated rings. The fourth-order valence-electron chi connectivity index (χ4n) is 3.26. The lowest BCUT2D eigenvalue weighted by Gasteiger charge is -2.27. The van der Waals surface area contributed by atoms with Crippen molar-refractivity contribution in [3.63, 3.8) is 0 Å². The third kappa shape index (κ3) is 3.46. The molecule has 9 heteroatoms. The number of sulfonamides is 1. The highest BCUT2D eigenvalue weighted by Gasteiger charge is 2.38. The molecule has 2 aliphatic rings. The van der Waals surface area contributed by atoms with Gasteiger partial charge < -0.3 is 9.42 Å². The number of likely N-dealkylation sites (N-methyl/N-ethyl adjacent to an activating group) is 1. The molecule has 2 heterocycles. The van der Waals surface area contributed by atoms with E-state index >= 15 is 0 Å². The standard InChI is InChI=1S/C15H24N4O4S/c1-3-18(10-13-16-14(23-17-13)11-6-4-7-11)15(20)12-8-5-9-19(12)24(2,21)22/h11-12H,3-10H2,1-2H3/t12-/m0/s1. The molecule has 0 bridgehead atoms. The van der Waals surface area contributed by atoms with Crippen LogP contribution < -0.4 is 0 Å². The van der Waals surface area contributed by atoms with Crippen LogP contribution >= 0.6 is 0 Å². The quantitative estimate of drug-likeness (QED) is 0.757. The Kier molecular flexibility index (Phi) is 4.91. The van der Waals surface area contributed by atoms with Gasteiger partial charge in [0.15, 0.2) is 5.82 Å². The van der Waals surface area contributed by atoms with Gasteiger partial charge in [0.2, 0.25) is 21.8 Å². The SMILES string of the molecule is CCN(Cc1noc(C2CCC2)n1)C(=O)[C@@H]1CCCN1S(C)(=O)=O. The number of hydrogen-bond acceptors (Lipinski definition) is 6. The Balaban J connectivity index is 1.69. The Labute approximate surface area is 142 Å². The van der Waals surface area contributed by atoms with E-state index in [2.05, 4.69) is 10.1 Å². The van der Waals surface area contributed by atoms with Crippen LogP contribution in [0.5, 0.6) is 0 Å². The van der Waals surface area contributed by atoms with Gasteiger partial charge in [-0.15, -0.1) is 0 Å². The van der Waals surface area contributed by atoms with Crippen LogP contribution in [0.4, 0.5) is 0 Å². The molecule has 8 nitrogen and oxygen atoms in total. The van der Waals surface area contributed by atoms with Crippen LogP contribution in [-0.2, 0) is 21.4 Å². The van der Waals surface area contributed by atoms with Crippen molar-refractivity contribution in [2.24, 2.45) is 0 Å². The third-order valence-electron chi connectivity index (χ3n) is 4.88. The molecule has 1 aliphatic heterocycles. The lowest BCUT2D eigenvalue weighted by Crippen LogP contribution is -2.47. The van der Waals surface area contributed by atoms with Gasteiger partial charge in [-0.05, 0) is 32.6 Å². The van der Waals surface area contributed by atoms with Crippen molar-refractivity contribution < 1.29 is 17.7 Å². The van der Waals surface area contributed by atoms with Gasteiger partial charge in [-0.25, -0.2) is 8.42 Å². The topological polar surface area (TPSA) is 96.6 Å². The summed E-state index contributed by atoms with van der Waals surface area (Å²) in [7, 11) is -3.38. The Hall–Kier alpha value is -1.48. The van der Waals surface area contributed by atoms with E-state index in [1.165, 1.54) is 10.7 Å². The Morgan fingerprint density at radius 2 is 2.08 bits per heavy atom. The van der Waals surface area contributed by atoms with Crippen molar-refractivity contribution in [3.8, 4) is 0 Å². The highest BCUT2D eigenvalue weighted by Crippen LogP contribution is 2.35. The molecular formula is C15H24N4O4S. The van der Waals surface area contributed by atoms with Gasteiger partial charge in [-0.3, -0.25) is 4.79 Å². The average molecular weight is 356 g/mol. The molecule has 0 aromatic carbocycles. The molecule has 3 rings (SSSR count). The van der Waals surface area contributed by atoms with Gasteiger partial charge >= 0.3 is 0 Å². The van der Waals surface area contributed by atoms with Crippen LogP contribution in [0, 0.1) is 0 Å². The number of carbonyl (C=O) groups excluding carboxylic acids is 1. The van der Waals surface area contributed by atoms with Crippen LogP contribution in [0.1, 0.15) is 56.7 Å². The largest absolute Gasteiger partial charge is 0.339 e. The summed E-state index contributed by atoms with van der Waals surface area (Å²) in [5.41, 5.74) is 0. The Bertz CT molecular complexity index is 698. The number of hydrogen-bond donors (Lipinski definition) is 0. The van der Waals surface area contributed by atoms with Crippen molar-refractivity contribution in [1.82, 2.24) is 19.3 Å². The molecule has 24 heavy (non-hydrogen) atoms. The molecule has 1 saturated heterocycles. The minimum atomic E-state index is -3.38. The summed E-state index contributed by atoms with van der Waals surface area (Å²) in [6.45, 7) is 2.99. The average Bonchev–Trinajstić information content (AvgIpc) is 3.11. The summed E-state index contributed by atoms with van der Waals surface area (Å²) in [5.74, 6) is 1.30. The van der Waals surface area contributed by atoms with Gasteiger partial charge in [-0.1, -0.05) is 11.6 Å². The second kappa shape index (κ2) is 6.79. The van der Waals surface area contributed by atoms with E-state index in [1.54, 1.807) is 4.90 Å². The first-order chi connectivity index (χ1) is 11.4. The van der Waals surface area contributed by atoms with Crippen LogP contribution in [0.25, 0.3) is 0 Å². The van der Waals surface area contributed by atoms with E-state index in [1.807, 2.05) is 6.92 Å². The maximum atomic E-state index is 12.8. The molecule has 1 saturated carbocycles. The van der Waals surface area contributed by atoms with Crippen molar-refractivity contribution >= 4 is 15.9 Å². The number of aromatic nitrogens is 2. The van der Waals surface area contributed by atoms with Crippen LogP contribution in [0.15, 0.2) is 4.52 Å². The number of carbonyl (C=O) groups is 1. The molecular weight excluding hydrogens is 332 g/mol. The van der Waals surface area contributed by atoms with Crippen molar-refractivity contribution in [2.75, 3.05) is 19.3 Å². The van der Waals surface area contributed by atoms with Gasteiger partial charge in [0.05, 0.1) is 12.8 Å². The monoisotopic (exact) mass is 356 g/mol. The van der Waals surface area contributed by atoms with E-state index in [0.717, 1.165) is 19.1 Å². The van der Waals surface area contributed by atoms with E-state index in [0.29, 0.717) is 43.6 Å². The van der Waals surface area contributed by atoms with Crippen molar-refractivity contribution in [2.45, 2.75) is 57.5 Å². The summed E-state index contributed by atoms with van der Waals surface area (Å²) < 4.78 is 30.3. The first-order valence-corrected chi connectivity index (χ1v) is 10.3. The second-order valence-electron chi connectivity index (χ2n) is 6.56. The summed E-state index contributed by atoms with van der Waals surface area (Å²) in [6, 6.07) is -0.613. The smallest absolute Gasteiger partial charge is 0.241 e. The first kappa shape index (κ1) is 17.3. The maximum Gasteiger partial charge on any atom is 0.241 e. The molecule has 0 unspecified atom stereocenters. The fraction of sp³-hybridized carbons (Fsp3) is 0.800. The minimum Gasteiger partial charge on any atom is -0.339 e. The van der Waals surface area contributed by atoms with Gasteiger partial charge in [-0.2, -0.15) is 9.29 Å². The van der Waals surface area contributed by atoms with Gasteiger partial charge in [0.1, 0.15) is 6.04 Å². The van der Waals surface area contributed by atoms with Crippen LogP contribution in [0.3, 0.4) is 0 Å². The summed E-state index contributed by atoms with van der Waals surface area (Å²) in [5, 5.41) is 3.97. The maximum absolute atomic E-state index is 12.8. The Morgan fingerprint density at radius 3 is 2.67 bits per heavy atom. The molecule has 1 aliphatic carbocycles. The lowest BCUT2D eigenvalue weighted by atomic mass is 9.85. The van der Waals surface area contributed by atoms with Crippen molar-refractivity contribution in [3.05, 3.63) is 11.7 Å². The summed E-state index contributed by atoms with van der Waals surface area (Å²) >= 11 is 0. The number of rotatable bonds is 6. The van der Waals surface area contributed by atoms with Crippen molar-refractivity contribution in [1.29, 1.82) is 0 Å². The first-order valence-electron chi connectivity index (χ1n) is 8.48. The molecule has 0 radical (unpaired) electrons. The predicted octanol–water partition coefficient (Wildman–Crippen LogP) is 1.11. The molecule has 0 N–H and O–H groups in total. The van der Waals surface area contributed by atoms with Crippen LogP contribution in [0.2, 0.25) is 0 Å². The summed E-state index contributed by atoms with van der Waals surface area (Å²) in [6.07, 6.45) is 5.74. The van der Waals surface area contributed by atoms with E-state index < -0.39 is 16.1 Å². The van der Waals surface area contributed by atoms with E-state index in [4.69, 9.17) is 4.52 Å². The van der Waals surface area contributed by atoms with E-state index in [-0.39, 0.29) is 12.5 Å². The zero-order valence-corrected chi connectivity index (χ0v) is 15.0. The number of nitrogens with zero attached hydrogens (tertiary/aromatic N) is 4. The normalized spacial score (nSPS) is 22.5. The second-order valence-corrected chi connectivity index (χ2v) is 8.50. The summed E-state index contributed by atoms with van der Waals surface area (Å²) in [4.78, 5) is 18.8. The minimum absolute atomic E-state index is 0.185. The highest BCUT2D eigenvalue weighted by molar-refractivity contribution is 7.88.